The summed E-state index contributed by atoms with van der Waals surface area (Å²) in [5.74, 6) is 0. The van der Waals surface area contributed by atoms with Crippen molar-refractivity contribution in [3.63, 3.8) is 0 Å². The van der Waals surface area contributed by atoms with Crippen LogP contribution in [-0.2, 0) is 18.6 Å². The summed E-state index contributed by atoms with van der Waals surface area (Å²) in [6.45, 7) is 4.35. The van der Waals surface area contributed by atoms with Crippen LogP contribution in [0.1, 0.15) is 23.1 Å². The predicted octanol–water partition coefficient (Wildman–Crippen LogP) is 2.89. The zero-order chi connectivity index (χ0) is 13.4. The molecule has 20 heavy (non-hydrogen) atoms. The molecule has 2 heterocycles. The molecule has 2 atom stereocenters. The van der Waals surface area contributed by atoms with Gasteiger partial charge in [0.25, 0.3) is 0 Å². The van der Waals surface area contributed by atoms with Crippen LogP contribution < -0.4 is 5.32 Å². The van der Waals surface area contributed by atoms with E-state index < -0.39 is 0 Å². The van der Waals surface area contributed by atoms with Crippen LogP contribution in [0.2, 0.25) is 0 Å². The highest BCUT2D eigenvalue weighted by Crippen LogP contribution is 2.35. The van der Waals surface area contributed by atoms with Crippen molar-refractivity contribution in [2.45, 2.75) is 25.0 Å². The number of nitrogens with zero attached hydrogens (tertiary/aromatic N) is 1. The zero-order valence-electron chi connectivity index (χ0n) is 11.7. The van der Waals surface area contributed by atoms with E-state index in [1.165, 1.54) is 29.7 Å². The van der Waals surface area contributed by atoms with Crippen LogP contribution in [0.4, 0.5) is 0 Å². The summed E-state index contributed by atoms with van der Waals surface area (Å²) in [6, 6.07) is 19.8. The van der Waals surface area contributed by atoms with E-state index in [0.717, 1.165) is 19.6 Å². The van der Waals surface area contributed by atoms with E-state index in [2.05, 4.69) is 64.8 Å². The van der Waals surface area contributed by atoms with Crippen molar-refractivity contribution in [3.8, 4) is 0 Å². The van der Waals surface area contributed by atoms with E-state index in [4.69, 9.17) is 0 Å². The number of rotatable bonds is 1. The van der Waals surface area contributed by atoms with Gasteiger partial charge in [0.15, 0.2) is 0 Å². The summed E-state index contributed by atoms with van der Waals surface area (Å²) < 4.78 is 0. The third kappa shape index (κ3) is 1.96. The average Bonchev–Trinajstić information content (AvgIpc) is 2.92. The van der Waals surface area contributed by atoms with Crippen molar-refractivity contribution in [3.05, 3.63) is 71.3 Å². The lowest BCUT2D eigenvalue weighted by atomic mass is 9.88. The molecule has 0 spiro atoms. The lowest BCUT2D eigenvalue weighted by Gasteiger charge is -2.34. The van der Waals surface area contributed by atoms with Gasteiger partial charge in [0.2, 0.25) is 0 Å². The Bertz CT molecular complexity index is 608. The number of benzene rings is 2. The molecule has 0 amide bonds. The SMILES string of the molecule is c1ccc([C@@]23CCN(Cc4ccccc4CN2)C3)cc1. The third-order valence-corrected chi connectivity index (χ3v) is 4.80. The van der Waals surface area contributed by atoms with E-state index in [-0.39, 0.29) is 5.54 Å². The fraction of sp³-hybridized carbons (Fsp3) is 0.333. The van der Waals surface area contributed by atoms with Crippen molar-refractivity contribution in [2.75, 3.05) is 13.1 Å². The summed E-state index contributed by atoms with van der Waals surface area (Å²) >= 11 is 0. The molecule has 1 fully saturated rings. The highest BCUT2D eigenvalue weighted by Gasteiger charge is 2.40. The Kier molecular flexibility index (Phi) is 2.86. The smallest absolute Gasteiger partial charge is 0.0578 e. The molecule has 0 radical (unpaired) electrons. The zero-order valence-corrected chi connectivity index (χ0v) is 11.7. The maximum Gasteiger partial charge on any atom is 0.0578 e. The first-order chi connectivity index (χ1) is 9.86. The second-order valence-corrected chi connectivity index (χ2v) is 6.03. The van der Waals surface area contributed by atoms with Crippen LogP contribution in [0.5, 0.6) is 0 Å². The predicted molar refractivity (Wildman–Crippen MR) is 81.3 cm³/mol. The highest BCUT2D eigenvalue weighted by molar-refractivity contribution is 5.32. The molecule has 2 aromatic rings. The van der Waals surface area contributed by atoms with Crippen LogP contribution in [-0.4, -0.2) is 18.0 Å². The number of hydrogen-bond acceptors (Lipinski definition) is 2. The Morgan fingerprint density at radius 1 is 0.900 bits per heavy atom. The molecule has 2 aliphatic rings. The van der Waals surface area contributed by atoms with Crippen LogP contribution in [0, 0.1) is 0 Å². The molecule has 2 heteroatoms. The lowest BCUT2D eigenvalue weighted by Crippen LogP contribution is -2.45. The fourth-order valence-electron chi connectivity index (χ4n) is 3.65. The molecule has 2 bridgehead atoms. The van der Waals surface area contributed by atoms with Gasteiger partial charge in [0.05, 0.1) is 5.54 Å². The molecule has 1 N–H and O–H groups in total. The maximum absolute atomic E-state index is 3.86. The second-order valence-electron chi connectivity index (χ2n) is 6.03. The van der Waals surface area contributed by atoms with Gasteiger partial charge in [-0.2, -0.15) is 0 Å². The number of nitrogens with one attached hydrogen (secondary N) is 1. The first-order valence-electron chi connectivity index (χ1n) is 7.45. The van der Waals surface area contributed by atoms with Crippen molar-refractivity contribution in [2.24, 2.45) is 0 Å². The Morgan fingerprint density at radius 2 is 1.65 bits per heavy atom. The fourth-order valence-corrected chi connectivity index (χ4v) is 3.65. The van der Waals surface area contributed by atoms with Crippen molar-refractivity contribution in [1.82, 2.24) is 10.2 Å². The average molecular weight is 264 g/mol. The van der Waals surface area contributed by atoms with Gasteiger partial charge in [0.1, 0.15) is 0 Å². The second kappa shape index (κ2) is 4.72. The van der Waals surface area contributed by atoms with Gasteiger partial charge in [-0.1, -0.05) is 54.6 Å². The molecule has 2 aliphatic heterocycles. The Balaban J connectivity index is 1.72. The number of fused-ring (bicyclic) bond motifs is 3. The largest absolute Gasteiger partial charge is 0.302 e. The Labute approximate surface area is 120 Å². The first-order valence-corrected chi connectivity index (χ1v) is 7.45. The molecule has 102 valence electrons. The van der Waals surface area contributed by atoms with E-state index >= 15 is 0 Å². The monoisotopic (exact) mass is 264 g/mol. The highest BCUT2D eigenvalue weighted by atomic mass is 15.2. The third-order valence-electron chi connectivity index (χ3n) is 4.80. The molecular weight excluding hydrogens is 244 g/mol. The molecule has 1 saturated heterocycles. The maximum atomic E-state index is 3.86. The van der Waals surface area contributed by atoms with Gasteiger partial charge in [0, 0.05) is 26.2 Å². The minimum Gasteiger partial charge on any atom is -0.302 e. The molecule has 2 aromatic carbocycles. The summed E-state index contributed by atoms with van der Waals surface area (Å²) in [4.78, 5) is 2.58. The van der Waals surface area contributed by atoms with Crippen LogP contribution >= 0.6 is 0 Å². The standard InChI is InChI=1S/C18H20N2/c1-2-8-17(9-3-1)18-10-11-20(14-18)13-16-7-5-4-6-15(16)12-19-18/h1-9,19H,10-14H2/t18-/m0/s1. The molecular formula is C18H20N2. The summed E-state index contributed by atoms with van der Waals surface area (Å²) in [7, 11) is 0. The van der Waals surface area contributed by atoms with Crippen LogP contribution in [0.3, 0.4) is 0 Å². The Morgan fingerprint density at radius 3 is 2.50 bits per heavy atom. The Hall–Kier alpha value is -1.64. The van der Waals surface area contributed by atoms with Gasteiger partial charge in [-0.05, 0) is 23.1 Å². The van der Waals surface area contributed by atoms with Crippen molar-refractivity contribution < 1.29 is 0 Å². The van der Waals surface area contributed by atoms with Crippen molar-refractivity contribution in [1.29, 1.82) is 0 Å². The number of hydrogen-bond donors (Lipinski definition) is 1. The van der Waals surface area contributed by atoms with Crippen LogP contribution in [0.25, 0.3) is 0 Å². The molecule has 0 aromatic heterocycles. The summed E-state index contributed by atoms with van der Waals surface area (Å²) in [5, 5.41) is 3.86. The van der Waals surface area contributed by atoms with E-state index in [0.29, 0.717) is 0 Å². The first kappa shape index (κ1) is 12.1. The van der Waals surface area contributed by atoms with Gasteiger partial charge >= 0.3 is 0 Å². The van der Waals surface area contributed by atoms with Gasteiger partial charge < -0.3 is 5.32 Å². The molecule has 4 rings (SSSR count). The topological polar surface area (TPSA) is 15.3 Å². The van der Waals surface area contributed by atoms with E-state index in [9.17, 15) is 0 Å². The normalized spacial score (nSPS) is 28.5. The minimum absolute atomic E-state index is 0.134. The summed E-state index contributed by atoms with van der Waals surface area (Å²) in [6.07, 6.45) is 1.20. The quantitative estimate of drug-likeness (QED) is 0.852. The van der Waals surface area contributed by atoms with Gasteiger partial charge in [-0.15, -0.1) is 0 Å². The van der Waals surface area contributed by atoms with Gasteiger partial charge in [-0.3, -0.25) is 4.90 Å². The lowest BCUT2D eigenvalue weighted by molar-refractivity contribution is 0.264. The van der Waals surface area contributed by atoms with E-state index in [1.807, 2.05) is 0 Å². The van der Waals surface area contributed by atoms with E-state index in [1.54, 1.807) is 0 Å². The minimum atomic E-state index is 0.134. The molecule has 2 nitrogen and oxygen atoms in total. The molecule has 0 saturated carbocycles. The van der Waals surface area contributed by atoms with Crippen LogP contribution in [0.15, 0.2) is 54.6 Å². The van der Waals surface area contributed by atoms with Crippen molar-refractivity contribution >= 4 is 0 Å². The van der Waals surface area contributed by atoms with Gasteiger partial charge in [-0.25, -0.2) is 0 Å². The summed E-state index contributed by atoms with van der Waals surface area (Å²) in [5.41, 5.74) is 4.49. The molecule has 0 aliphatic carbocycles. The molecule has 1 unspecified atom stereocenters.